The summed E-state index contributed by atoms with van der Waals surface area (Å²) in [6.45, 7) is 5.23. The molecule has 1 aliphatic carbocycles. The first kappa shape index (κ1) is 21.8. The van der Waals surface area contributed by atoms with Gasteiger partial charge in [-0.05, 0) is 32.8 Å². The molecule has 0 atom stereocenters. The quantitative estimate of drug-likeness (QED) is 0.419. The van der Waals surface area contributed by atoms with Gasteiger partial charge in [0.2, 0.25) is 5.91 Å². The van der Waals surface area contributed by atoms with E-state index in [1.165, 1.54) is 7.11 Å². The number of carbonyl (C=O) groups excluding carboxylic acids is 2. The first-order valence-corrected chi connectivity index (χ1v) is 9.74. The Morgan fingerprint density at radius 2 is 1.96 bits per heavy atom. The minimum atomic E-state index is -0.424. The van der Waals surface area contributed by atoms with Crippen molar-refractivity contribution in [3.63, 3.8) is 0 Å². The molecular weight excluding hydrogens is 360 g/mol. The zero-order valence-corrected chi connectivity index (χ0v) is 17.6. The van der Waals surface area contributed by atoms with E-state index in [1.807, 2.05) is 6.92 Å². The van der Waals surface area contributed by atoms with Crippen molar-refractivity contribution >= 4 is 17.8 Å². The standard InChI is InChI=1S/C20H32N4O4/c1-6-21-19(22-12-15-11-16(14(2)28-15)17(25)27-5)23-13-20(9-7-8-10-20)18(26)24(3)4/h11H,6-10,12-13H2,1-5H3,(H2,21,22,23). The number of rotatable bonds is 7. The van der Waals surface area contributed by atoms with E-state index >= 15 is 0 Å². The number of hydrogen-bond donors (Lipinski definition) is 2. The smallest absolute Gasteiger partial charge is 0.341 e. The van der Waals surface area contributed by atoms with Crippen LogP contribution in [-0.2, 0) is 16.1 Å². The third-order valence-electron chi connectivity index (χ3n) is 5.13. The number of nitrogens with zero attached hydrogens (tertiary/aromatic N) is 2. The molecule has 0 aliphatic heterocycles. The average Bonchev–Trinajstić information content (AvgIpc) is 3.30. The van der Waals surface area contributed by atoms with Crippen LogP contribution in [0.15, 0.2) is 15.5 Å². The lowest BCUT2D eigenvalue weighted by Crippen LogP contribution is -2.49. The van der Waals surface area contributed by atoms with Gasteiger partial charge in [0.1, 0.15) is 23.6 Å². The summed E-state index contributed by atoms with van der Waals surface area (Å²) in [4.78, 5) is 30.7. The van der Waals surface area contributed by atoms with Gasteiger partial charge in [-0.3, -0.25) is 4.79 Å². The van der Waals surface area contributed by atoms with E-state index in [-0.39, 0.29) is 17.9 Å². The molecule has 0 bridgehead atoms. The Bertz CT molecular complexity index is 718. The van der Waals surface area contributed by atoms with Gasteiger partial charge in [0.05, 0.1) is 12.5 Å². The number of esters is 1. The van der Waals surface area contributed by atoms with Crippen molar-refractivity contribution in [1.82, 2.24) is 15.5 Å². The molecule has 8 heteroatoms. The summed E-state index contributed by atoms with van der Waals surface area (Å²) < 4.78 is 10.4. The first-order chi connectivity index (χ1) is 13.3. The van der Waals surface area contributed by atoms with Crippen LogP contribution in [0, 0.1) is 12.3 Å². The highest BCUT2D eigenvalue weighted by Gasteiger charge is 2.42. The molecule has 2 N–H and O–H groups in total. The lowest BCUT2D eigenvalue weighted by atomic mass is 9.84. The van der Waals surface area contributed by atoms with Crippen molar-refractivity contribution < 1.29 is 18.7 Å². The second-order valence-electron chi connectivity index (χ2n) is 7.41. The number of nitrogens with one attached hydrogen (secondary N) is 2. The Morgan fingerprint density at radius 3 is 2.54 bits per heavy atom. The Hall–Kier alpha value is -2.51. The van der Waals surface area contributed by atoms with Crippen LogP contribution < -0.4 is 10.6 Å². The molecule has 1 aliphatic rings. The van der Waals surface area contributed by atoms with E-state index in [9.17, 15) is 9.59 Å². The van der Waals surface area contributed by atoms with E-state index in [2.05, 4.69) is 15.6 Å². The van der Waals surface area contributed by atoms with Crippen LogP contribution in [0.5, 0.6) is 0 Å². The number of ether oxygens (including phenoxy) is 1. The summed E-state index contributed by atoms with van der Waals surface area (Å²) in [7, 11) is 4.95. The van der Waals surface area contributed by atoms with Gasteiger partial charge in [-0.2, -0.15) is 0 Å². The van der Waals surface area contributed by atoms with Crippen molar-refractivity contribution in [1.29, 1.82) is 0 Å². The number of methoxy groups -OCH3 is 1. The van der Waals surface area contributed by atoms with Crippen molar-refractivity contribution in [2.24, 2.45) is 10.4 Å². The van der Waals surface area contributed by atoms with E-state index < -0.39 is 5.97 Å². The van der Waals surface area contributed by atoms with Gasteiger partial charge in [0, 0.05) is 27.2 Å². The number of aliphatic imine (C=N–C) groups is 1. The molecule has 1 aromatic rings. The van der Waals surface area contributed by atoms with Crippen molar-refractivity contribution in [3.8, 4) is 0 Å². The molecule has 1 amide bonds. The first-order valence-electron chi connectivity index (χ1n) is 9.74. The topological polar surface area (TPSA) is 96.2 Å². The number of hydrogen-bond acceptors (Lipinski definition) is 5. The van der Waals surface area contributed by atoms with Crippen molar-refractivity contribution in [2.45, 2.75) is 46.1 Å². The number of furan rings is 1. The maximum Gasteiger partial charge on any atom is 0.341 e. The third kappa shape index (κ3) is 5.05. The monoisotopic (exact) mass is 392 g/mol. The fourth-order valence-corrected chi connectivity index (χ4v) is 3.68. The average molecular weight is 393 g/mol. The van der Waals surface area contributed by atoms with Crippen LogP contribution in [0.2, 0.25) is 0 Å². The SMILES string of the molecule is CCNC(=NCc1cc(C(=O)OC)c(C)o1)NCC1(C(=O)N(C)C)CCCC1. The van der Waals surface area contributed by atoms with E-state index in [4.69, 9.17) is 9.15 Å². The normalized spacial score (nSPS) is 16.0. The molecular formula is C20H32N4O4. The highest BCUT2D eigenvalue weighted by Crippen LogP contribution is 2.38. The summed E-state index contributed by atoms with van der Waals surface area (Å²) in [6, 6.07) is 1.66. The molecule has 156 valence electrons. The van der Waals surface area contributed by atoms with Gasteiger partial charge in [0.25, 0.3) is 0 Å². The summed E-state index contributed by atoms with van der Waals surface area (Å²) in [5.41, 5.74) is 0.0334. The maximum absolute atomic E-state index is 12.7. The molecule has 8 nitrogen and oxygen atoms in total. The van der Waals surface area contributed by atoms with Crippen LogP contribution in [0.4, 0.5) is 0 Å². The van der Waals surface area contributed by atoms with Gasteiger partial charge in [-0.25, -0.2) is 9.79 Å². The molecule has 28 heavy (non-hydrogen) atoms. The lowest BCUT2D eigenvalue weighted by molar-refractivity contribution is -0.138. The molecule has 0 saturated heterocycles. The summed E-state index contributed by atoms with van der Waals surface area (Å²) in [5.74, 6) is 1.45. The highest BCUT2D eigenvalue weighted by molar-refractivity contribution is 5.90. The van der Waals surface area contributed by atoms with Crippen molar-refractivity contribution in [2.75, 3.05) is 34.3 Å². The van der Waals surface area contributed by atoms with E-state index in [0.717, 1.165) is 25.7 Å². The van der Waals surface area contributed by atoms with Gasteiger partial charge in [-0.15, -0.1) is 0 Å². The van der Waals surface area contributed by atoms with Gasteiger partial charge in [-0.1, -0.05) is 12.8 Å². The second-order valence-corrected chi connectivity index (χ2v) is 7.41. The lowest BCUT2D eigenvalue weighted by Gasteiger charge is -2.31. The molecule has 1 fully saturated rings. The zero-order valence-electron chi connectivity index (χ0n) is 17.6. The maximum atomic E-state index is 12.7. The molecule has 2 rings (SSSR count). The predicted octanol–water partition coefficient (Wildman–Crippen LogP) is 2.08. The predicted molar refractivity (Wildman–Crippen MR) is 107 cm³/mol. The Labute approximate surface area is 166 Å². The van der Waals surface area contributed by atoms with Gasteiger partial charge >= 0.3 is 5.97 Å². The molecule has 1 heterocycles. The third-order valence-corrected chi connectivity index (χ3v) is 5.13. The zero-order chi connectivity index (χ0) is 20.7. The van der Waals surface area contributed by atoms with E-state index in [1.54, 1.807) is 32.0 Å². The Morgan fingerprint density at radius 1 is 1.29 bits per heavy atom. The molecule has 1 aromatic heterocycles. The fraction of sp³-hybridized carbons (Fsp3) is 0.650. The minimum Gasteiger partial charge on any atom is -0.465 e. The number of amides is 1. The van der Waals surface area contributed by atoms with Gasteiger partial charge in [0.15, 0.2) is 5.96 Å². The van der Waals surface area contributed by atoms with Crippen LogP contribution in [0.1, 0.15) is 54.5 Å². The minimum absolute atomic E-state index is 0.165. The molecule has 0 radical (unpaired) electrons. The van der Waals surface area contributed by atoms with Crippen molar-refractivity contribution in [3.05, 3.63) is 23.2 Å². The molecule has 1 saturated carbocycles. The number of aryl methyl sites for hydroxylation is 1. The Kier molecular flexibility index (Phi) is 7.48. The summed E-state index contributed by atoms with van der Waals surface area (Å²) >= 11 is 0. The number of guanidine groups is 1. The Balaban J connectivity index is 2.08. The highest BCUT2D eigenvalue weighted by atomic mass is 16.5. The van der Waals surface area contributed by atoms with Crippen LogP contribution in [0.3, 0.4) is 0 Å². The molecule has 0 unspecified atom stereocenters. The molecule has 0 spiro atoms. The second kappa shape index (κ2) is 9.61. The van der Waals surface area contributed by atoms with Crippen LogP contribution in [0.25, 0.3) is 0 Å². The van der Waals surface area contributed by atoms with Crippen LogP contribution >= 0.6 is 0 Å². The summed E-state index contributed by atoms with van der Waals surface area (Å²) in [5, 5.41) is 6.52. The largest absolute Gasteiger partial charge is 0.465 e. The molecule has 0 aromatic carbocycles. The number of carbonyl (C=O) groups is 2. The van der Waals surface area contributed by atoms with Crippen LogP contribution in [-0.4, -0.2) is 57.0 Å². The van der Waals surface area contributed by atoms with E-state index in [0.29, 0.717) is 36.1 Å². The van der Waals surface area contributed by atoms with Gasteiger partial charge < -0.3 is 24.7 Å². The summed E-state index contributed by atoms with van der Waals surface area (Å²) in [6.07, 6.45) is 3.90. The fourth-order valence-electron chi connectivity index (χ4n) is 3.68.